The highest BCUT2D eigenvalue weighted by Crippen LogP contribution is 2.20. The van der Waals surface area contributed by atoms with Gasteiger partial charge in [-0.25, -0.2) is 0 Å². The van der Waals surface area contributed by atoms with Crippen molar-refractivity contribution in [3.63, 3.8) is 0 Å². The highest BCUT2D eigenvalue weighted by molar-refractivity contribution is 5.29. The maximum atomic E-state index is 5.79. The fourth-order valence-electron chi connectivity index (χ4n) is 2.40. The molecule has 1 aromatic rings. The second-order valence-electron chi connectivity index (χ2n) is 4.29. The number of hydrogen-bond donors (Lipinski definition) is 1. The van der Waals surface area contributed by atoms with Crippen LogP contribution in [0, 0.1) is 0 Å². The van der Waals surface area contributed by atoms with Gasteiger partial charge in [0.2, 0.25) is 0 Å². The lowest BCUT2D eigenvalue weighted by Crippen LogP contribution is -2.43. The first-order valence-corrected chi connectivity index (χ1v) is 5.86. The van der Waals surface area contributed by atoms with Gasteiger partial charge in [0, 0.05) is 25.7 Å². The third-order valence-corrected chi connectivity index (χ3v) is 3.42. The van der Waals surface area contributed by atoms with Crippen LogP contribution in [0.2, 0.25) is 0 Å². The van der Waals surface area contributed by atoms with E-state index in [4.69, 9.17) is 5.73 Å². The maximum absolute atomic E-state index is 5.79. The van der Waals surface area contributed by atoms with Crippen LogP contribution < -0.4 is 5.73 Å². The Morgan fingerprint density at radius 2 is 2.07 bits per heavy atom. The molecule has 0 fully saturated rings. The summed E-state index contributed by atoms with van der Waals surface area (Å²) in [7, 11) is 0. The molecule has 1 atom stereocenters. The smallest absolute Gasteiger partial charge is 0.0240 e. The Labute approximate surface area is 92.1 Å². The van der Waals surface area contributed by atoms with E-state index in [2.05, 4.69) is 36.1 Å². The van der Waals surface area contributed by atoms with Crippen molar-refractivity contribution in [2.24, 2.45) is 5.73 Å². The molecule has 1 unspecified atom stereocenters. The van der Waals surface area contributed by atoms with Crippen LogP contribution in [0.4, 0.5) is 0 Å². The lowest BCUT2D eigenvalue weighted by Gasteiger charge is -2.34. The Balaban J connectivity index is 2.11. The molecule has 2 rings (SSSR count). The SMILES string of the molecule is CCC(CN)N1CCc2ccccc2C1. The quantitative estimate of drug-likeness (QED) is 0.813. The number of nitrogens with zero attached hydrogens (tertiary/aromatic N) is 1. The standard InChI is InChI=1S/C13H20N2/c1-2-13(9-14)15-8-7-11-5-3-4-6-12(11)10-15/h3-6,13H,2,7-10,14H2,1H3. The van der Waals surface area contributed by atoms with Crippen molar-refractivity contribution in [1.82, 2.24) is 4.90 Å². The van der Waals surface area contributed by atoms with Gasteiger partial charge in [-0.05, 0) is 24.0 Å². The molecule has 1 heterocycles. The topological polar surface area (TPSA) is 29.3 Å². The van der Waals surface area contributed by atoms with Gasteiger partial charge in [-0.2, -0.15) is 0 Å². The van der Waals surface area contributed by atoms with Gasteiger partial charge in [-0.15, -0.1) is 0 Å². The molecule has 0 aliphatic carbocycles. The largest absolute Gasteiger partial charge is 0.329 e. The minimum Gasteiger partial charge on any atom is -0.329 e. The third-order valence-electron chi connectivity index (χ3n) is 3.42. The molecule has 82 valence electrons. The summed E-state index contributed by atoms with van der Waals surface area (Å²) in [4.78, 5) is 2.52. The molecule has 0 spiro atoms. The molecule has 1 aliphatic rings. The van der Waals surface area contributed by atoms with Gasteiger partial charge in [-0.3, -0.25) is 4.90 Å². The van der Waals surface area contributed by atoms with E-state index in [1.165, 1.54) is 17.5 Å². The van der Waals surface area contributed by atoms with E-state index in [1.807, 2.05) is 0 Å². The maximum Gasteiger partial charge on any atom is 0.0240 e. The summed E-state index contributed by atoms with van der Waals surface area (Å²) in [5.41, 5.74) is 8.79. The molecule has 2 N–H and O–H groups in total. The van der Waals surface area contributed by atoms with Crippen LogP contribution >= 0.6 is 0 Å². The minimum atomic E-state index is 0.554. The Hall–Kier alpha value is -0.860. The first-order valence-electron chi connectivity index (χ1n) is 5.86. The number of nitrogens with two attached hydrogens (primary N) is 1. The molecule has 2 nitrogen and oxygen atoms in total. The number of fused-ring (bicyclic) bond motifs is 1. The van der Waals surface area contributed by atoms with Crippen LogP contribution in [0.3, 0.4) is 0 Å². The predicted molar refractivity (Wildman–Crippen MR) is 63.7 cm³/mol. The lowest BCUT2D eigenvalue weighted by molar-refractivity contribution is 0.178. The average molecular weight is 204 g/mol. The van der Waals surface area contributed by atoms with Gasteiger partial charge < -0.3 is 5.73 Å². The average Bonchev–Trinajstić information content (AvgIpc) is 2.30. The summed E-state index contributed by atoms with van der Waals surface area (Å²) in [5, 5.41) is 0. The van der Waals surface area contributed by atoms with Crippen LogP contribution in [0.5, 0.6) is 0 Å². The zero-order valence-electron chi connectivity index (χ0n) is 9.45. The van der Waals surface area contributed by atoms with Gasteiger partial charge in [0.05, 0.1) is 0 Å². The molecule has 0 amide bonds. The fraction of sp³-hybridized carbons (Fsp3) is 0.538. The number of benzene rings is 1. The van der Waals surface area contributed by atoms with Crippen molar-refractivity contribution >= 4 is 0 Å². The number of rotatable bonds is 3. The molecule has 1 aromatic carbocycles. The Morgan fingerprint density at radius 3 is 2.73 bits per heavy atom. The van der Waals surface area contributed by atoms with E-state index in [0.717, 1.165) is 26.1 Å². The second kappa shape index (κ2) is 4.77. The van der Waals surface area contributed by atoms with Crippen molar-refractivity contribution in [1.29, 1.82) is 0 Å². The van der Waals surface area contributed by atoms with Crippen molar-refractivity contribution in [3.05, 3.63) is 35.4 Å². The normalized spacial score (nSPS) is 18.5. The summed E-state index contributed by atoms with van der Waals surface area (Å²) < 4.78 is 0. The third kappa shape index (κ3) is 2.21. The van der Waals surface area contributed by atoms with Crippen LogP contribution in [0.25, 0.3) is 0 Å². The van der Waals surface area contributed by atoms with E-state index in [-0.39, 0.29) is 0 Å². The highest BCUT2D eigenvalue weighted by Gasteiger charge is 2.20. The zero-order chi connectivity index (χ0) is 10.7. The van der Waals surface area contributed by atoms with Crippen LogP contribution in [-0.2, 0) is 13.0 Å². The summed E-state index contributed by atoms with van der Waals surface area (Å²) >= 11 is 0. The zero-order valence-corrected chi connectivity index (χ0v) is 9.45. The van der Waals surface area contributed by atoms with Gasteiger partial charge in [0.25, 0.3) is 0 Å². The van der Waals surface area contributed by atoms with Gasteiger partial charge in [0.15, 0.2) is 0 Å². The Kier molecular flexibility index (Phi) is 3.39. The molecular formula is C13H20N2. The van der Waals surface area contributed by atoms with E-state index < -0.39 is 0 Å². The van der Waals surface area contributed by atoms with Crippen molar-refractivity contribution < 1.29 is 0 Å². The van der Waals surface area contributed by atoms with Gasteiger partial charge in [0.1, 0.15) is 0 Å². The molecule has 0 radical (unpaired) electrons. The fourth-order valence-corrected chi connectivity index (χ4v) is 2.40. The summed E-state index contributed by atoms with van der Waals surface area (Å²) in [5.74, 6) is 0. The van der Waals surface area contributed by atoms with Crippen molar-refractivity contribution in [2.75, 3.05) is 13.1 Å². The predicted octanol–water partition coefficient (Wildman–Crippen LogP) is 1.78. The number of hydrogen-bond acceptors (Lipinski definition) is 2. The van der Waals surface area contributed by atoms with Gasteiger partial charge in [-0.1, -0.05) is 31.2 Å². The molecule has 0 aromatic heterocycles. The van der Waals surface area contributed by atoms with Gasteiger partial charge >= 0.3 is 0 Å². The molecule has 0 saturated heterocycles. The van der Waals surface area contributed by atoms with E-state index in [1.54, 1.807) is 0 Å². The van der Waals surface area contributed by atoms with Crippen molar-refractivity contribution in [2.45, 2.75) is 32.4 Å². The Bertz CT molecular complexity index is 318. The lowest BCUT2D eigenvalue weighted by atomic mass is 9.98. The summed E-state index contributed by atoms with van der Waals surface area (Å²) in [6.45, 7) is 5.23. The Morgan fingerprint density at radius 1 is 1.33 bits per heavy atom. The molecule has 0 saturated carbocycles. The monoisotopic (exact) mass is 204 g/mol. The second-order valence-corrected chi connectivity index (χ2v) is 4.29. The van der Waals surface area contributed by atoms with E-state index in [0.29, 0.717) is 6.04 Å². The minimum absolute atomic E-state index is 0.554. The molecule has 2 heteroatoms. The summed E-state index contributed by atoms with van der Waals surface area (Å²) in [6.07, 6.45) is 2.32. The molecule has 15 heavy (non-hydrogen) atoms. The van der Waals surface area contributed by atoms with Crippen LogP contribution in [-0.4, -0.2) is 24.0 Å². The van der Waals surface area contributed by atoms with E-state index >= 15 is 0 Å². The van der Waals surface area contributed by atoms with Crippen LogP contribution in [0.15, 0.2) is 24.3 Å². The summed E-state index contributed by atoms with van der Waals surface area (Å²) in [6, 6.07) is 9.31. The molecule has 1 aliphatic heterocycles. The van der Waals surface area contributed by atoms with Crippen molar-refractivity contribution in [3.8, 4) is 0 Å². The first-order chi connectivity index (χ1) is 7.35. The van der Waals surface area contributed by atoms with E-state index in [9.17, 15) is 0 Å². The van der Waals surface area contributed by atoms with Crippen LogP contribution in [0.1, 0.15) is 24.5 Å². The highest BCUT2D eigenvalue weighted by atomic mass is 15.2. The molecule has 0 bridgehead atoms. The molecular weight excluding hydrogens is 184 g/mol. The first kappa shape index (κ1) is 10.7.